The van der Waals surface area contributed by atoms with Crippen molar-refractivity contribution in [3.63, 3.8) is 0 Å². The molecule has 14 heteroatoms. The van der Waals surface area contributed by atoms with Crippen molar-refractivity contribution in [2.75, 3.05) is 20.3 Å². The number of hydrogen-bond acceptors (Lipinski definition) is 11. The first kappa shape index (κ1) is 38.6. The number of aliphatic hydroxyl groups excluding tert-OH is 1. The highest BCUT2D eigenvalue weighted by molar-refractivity contribution is 7.23. The monoisotopic (exact) mass is 819 g/mol. The van der Waals surface area contributed by atoms with E-state index in [1.165, 1.54) is 23.5 Å². The van der Waals surface area contributed by atoms with Crippen molar-refractivity contribution in [2.45, 2.75) is 32.2 Å². The lowest BCUT2D eigenvalue weighted by molar-refractivity contribution is -0.145. The molecule has 0 aliphatic carbocycles. The second-order valence-electron chi connectivity index (χ2n) is 13.4. The van der Waals surface area contributed by atoms with E-state index in [9.17, 15) is 19.4 Å². The summed E-state index contributed by atoms with van der Waals surface area (Å²) in [4.78, 5) is 27.5. The fourth-order valence-electron chi connectivity index (χ4n) is 6.73. The Hall–Kier alpha value is -6.28. The smallest absolute Gasteiger partial charge is 0.345 e. The van der Waals surface area contributed by atoms with E-state index < -0.39 is 18.2 Å². The van der Waals surface area contributed by atoms with E-state index in [1.54, 1.807) is 62.0 Å². The van der Waals surface area contributed by atoms with E-state index >= 15 is 0 Å². The summed E-state index contributed by atoms with van der Waals surface area (Å²) in [6.07, 6.45) is 0.788. The van der Waals surface area contributed by atoms with Gasteiger partial charge in [0, 0.05) is 39.5 Å². The lowest BCUT2D eigenvalue weighted by Crippen LogP contribution is -2.30. The Labute approximate surface area is 341 Å². The Kier molecular flexibility index (Phi) is 11.1. The quantitative estimate of drug-likeness (QED) is 0.152. The summed E-state index contributed by atoms with van der Waals surface area (Å²) >= 11 is 8.41. The molecule has 0 spiro atoms. The number of hydrogen-bond donors (Lipinski definition) is 2. The van der Waals surface area contributed by atoms with Gasteiger partial charge in [-0.05, 0) is 84.3 Å². The number of ether oxygens (including phenoxy) is 5. The Bertz CT molecular complexity index is 2640. The zero-order chi connectivity index (χ0) is 40.3. The van der Waals surface area contributed by atoms with E-state index in [-0.39, 0.29) is 37.9 Å². The summed E-state index contributed by atoms with van der Waals surface area (Å²) in [6.45, 7) is 1.42. The van der Waals surface area contributed by atoms with Gasteiger partial charge in [0.1, 0.15) is 42.0 Å². The molecule has 2 atom stereocenters. The molecule has 0 fully saturated rings. The van der Waals surface area contributed by atoms with Crippen molar-refractivity contribution in [3.05, 3.63) is 131 Å². The molecule has 2 N–H and O–H groups in total. The van der Waals surface area contributed by atoms with Gasteiger partial charge in [0.2, 0.25) is 12.0 Å². The number of aliphatic carboxylic acids is 1. The van der Waals surface area contributed by atoms with E-state index in [1.807, 2.05) is 43.3 Å². The molecule has 2 aliphatic rings. The summed E-state index contributed by atoms with van der Waals surface area (Å²) in [6, 6.07) is 25.7. The van der Waals surface area contributed by atoms with Gasteiger partial charge in [-0.2, -0.15) is 0 Å². The number of pyridine rings is 1. The van der Waals surface area contributed by atoms with Gasteiger partial charge in [-0.3, -0.25) is 0 Å². The van der Waals surface area contributed by atoms with E-state index in [0.29, 0.717) is 72.7 Å². The van der Waals surface area contributed by atoms with Crippen molar-refractivity contribution in [3.8, 4) is 61.8 Å². The molecule has 0 saturated carbocycles. The number of carboxylic acids is 1. The summed E-state index contributed by atoms with van der Waals surface area (Å²) in [5.74, 6) is 0.619. The number of aliphatic hydroxyl groups is 1. The molecule has 0 saturated heterocycles. The second kappa shape index (κ2) is 16.7. The molecule has 3 aromatic heterocycles. The summed E-state index contributed by atoms with van der Waals surface area (Å²) in [5.41, 5.74) is 4.52. The highest BCUT2D eigenvalue weighted by Crippen LogP contribution is 2.50. The predicted octanol–water partition coefficient (Wildman–Crippen LogP) is 8.98. The third kappa shape index (κ3) is 7.84. The first-order valence-electron chi connectivity index (χ1n) is 18.2. The maximum atomic E-state index is 14.1. The standard InChI is InChI=1S/C44H35ClFN3O8S/c1-24-31-12-14-35(40(24)45)56-30(21-50)23-54-29-11-13-33(55-22-28-15-17-47-42(49-28)32-5-3-4-6-34(32)53-2)26(19-29)20-36(44(51)52)57-43-39-37(16-18-48-43)58-41(38(31)39)25-7-9-27(46)10-8-25/h3-19,30,36,50H,20-23H2,1-2H3,(H,51,52)/t30-,36-/m1/s1. The number of thiophene rings is 1. The van der Waals surface area contributed by atoms with E-state index in [4.69, 9.17) is 40.3 Å². The Morgan fingerprint density at radius 3 is 2.57 bits per heavy atom. The SMILES string of the molecule is COc1ccccc1-c1nccc(COc2ccc3cc2C[C@H](C(=O)O)Oc2nccc4sc(-c5ccc(F)cc5)c(c24)-c2ccc(c(Cl)c2C)O[C@H](CO)CO3)n1. The second-order valence-corrected chi connectivity index (χ2v) is 14.8. The molecule has 9 rings (SSSR count). The molecular weight excluding hydrogens is 785 g/mol. The Morgan fingerprint density at radius 1 is 0.966 bits per heavy atom. The van der Waals surface area contributed by atoms with Gasteiger partial charge in [0.25, 0.3) is 0 Å². The fraction of sp³-hybridized carbons (Fsp3) is 0.182. The van der Waals surface area contributed by atoms with Gasteiger partial charge in [-0.1, -0.05) is 41.9 Å². The number of carboxylic acid groups (broad SMARTS) is 1. The average molecular weight is 820 g/mol. The van der Waals surface area contributed by atoms with Crippen molar-refractivity contribution >= 4 is 39.0 Å². The van der Waals surface area contributed by atoms with E-state index in [2.05, 4.69) is 9.97 Å². The van der Waals surface area contributed by atoms with Gasteiger partial charge in [0.05, 0.1) is 35.4 Å². The maximum absolute atomic E-state index is 14.1. The Morgan fingerprint density at radius 2 is 1.78 bits per heavy atom. The molecule has 294 valence electrons. The number of nitrogens with zero attached hydrogens (tertiary/aromatic N) is 3. The van der Waals surface area contributed by atoms with Gasteiger partial charge >= 0.3 is 5.97 Å². The minimum Gasteiger partial charge on any atom is -0.496 e. The predicted molar refractivity (Wildman–Crippen MR) is 218 cm³/mol. The number of benzene rings is 4. The zero-order valence-electron chi connectivity index (χ0n) is 31.1. The molecule has 58 heavy (non-hydrogen) atoms. The number of methoxy groups -OCH3 is 1. The average Bonchev–Trinajstić information content (AvgIpc) is 3.63. The van der Waals surface area contributed by atoms with Crippen molar-refractivity contribution in [2.24, 2.45) is 0 Å². The number of halogens is 2. The largest absolute Gasteiger partial charge is 0.496 e. The lowest BCUT2D eigenvalue weighted by Gasteiger charge is -2.21. The van der Waals surface area contributed by atoms with Crippen LogP contribution in [-0.4, -0.2) is 63.7 Å². The van der Waals surface area contributed by atoms with Crippen LogP contribution in [0.4, 0.5) is 4.39 Å². The summed E-state index contributed by atoms with van der Waals surface area (Å²) in [5, 5.41) is 21.8. The molecule has 11 nitrogen and oxygen atoms in total. The first-order chi connectivity index (χ1) is 28.2. The van der Waals surface area contributed by atoms with Crippen LogP contribution in [0.25, 0.3) is 43.0 Å². The highest BCUT2D eigenvalue weighted by Gasteiger charge is 2.29. The lowest BCUT2D eigenvalue weighted by atomic mass is 9.95. The fourth-order valence-corrected chi connectivity index (χ4v) is 8.15. The number of rotatable bonds is 8. The van der Waals surface area contributed by atoms with Crippen molar-refractivity contribution < 1.29 is 43.1 Å². The normalized spacial score (nSPS) is 15.2. The van der Waals surface area contributed by atoms with Gasteiger partial charge in [-0.25, -0.2) is 24.1 Å². The maximum Gasteiger partial charge on any atom is 0.345 e. The molecule has 4 bridgehead atoms. The van der Waals surface area contributed by atoms with Crippen LogP contribution in [0.5, 0.6) is 28.9 Å². The highest BCUT2D eigenvalue weighted by atomic mass is 35.5. The van der Waals surface area contributed by atoms with Gasteiger partial charge in [-0.15, -0.1) is 11.3 Å². The molecule has 4 aromatic carbocycles. The van der Waals surface area contributed by atoms with Crippen molar-refractivity contribution in [1.29, 1.82) is 0 Å². The molecule has 2 aliphatic heterocycles. The van der Waals surface area contributed by atoms with E-state index in [0.717, 1.165) is 15.1 Å². The number of carbonyl (C=O) groups is 1. The number of aromatic nitrogens is 3. The van der Waals surface area contributed by atoms with Crippen LogP contribution in [-0.2, 0) is 17.8 Å². The molecule has 5 heterocycles. The molecule has 0 radical (unpaired) electrons. The number of fused-ring (bicyclic) bond motifs is 7. The van der Waals surface area contributed by atoms with Crippen LogP contribution in [0.1, 0.15) is 16.8 Å². The summed E-state index contributed by atoms with van der Waals surface area (Å²) < 4.78 is 45.4. The van der Waals surface area contributed by atoms with Crippen LogP contribution < -0.4 is 23.7 Å². The molecular formula is C44H35ClFN3O8S. The van der Waals surface area contributed by atoms with Crippen LogP contribution >= 0.6 is 22.9 Å². The first-order valence-corrected chi connectivity index (χ1v) is 19.4. The third-order valence-corrected chi connectivity index (χ3v) is 11.3. The molecule has 0 unspecified atom stereocenters. The van der Waals surface area contributed by atoms with Crippen LogP contribution in [0.15, 0.2) is 103 Å². The van der Waals surface area contributed by atoms with Gasteiger partial charge in [0.15, 0.2) is 11.9 Å². The number of para-hydroxylation sites is 1. The molecule has 7 aromatic rings. The summed E-state index contributed by atoms with van der Waals surface area (Å²) in [7, 11) is 1.58. The Balaban J connectivity index is 1.22. The van der Waals surface area contributed by atoms with Crippen LogP contribution in [0, 0.1) is 12.7 Å². The van der Waals surface area contributed by atoms with Crippen LogP contribution in [0.2, 0.25) is 5.02 Å². The van der Waals surface area contributed by atoms with Gasteiger partial charge < -0.3 is 33.9 Å². The minimum atomic E-state index is -1.44. The van der Waals surface area contributed by atoms with Crippen LogP contribution in [0.3, 0.4) is 0 Å². The minimum absolute atomic E-state index is 0.0273. The zero-order valence-corrected chi connectivity index (χ0v) is 32.7. The molecule has 0 amide bonds. The third-order valence-electron chi connectivity index (χ3n) is 9.63. The van der Waals surface area contributed by atoms with Crippen molar-refractivity contribution in [1.82, 2.24) is 15.0 Å². The topological polar surface area (TPSA) is 142 Å².